The van der Waals surface area contributed by atoms with E-state index in [1.165, 1.54) is 16.7 Å². The second-order valence-corrected chi connectivity index (χ2v) is 8.18. The summed E-state index contributed by atoms with van der Waals surface area (Å²) in [6.07, 6.45) is -3.68. The molecule has 6 nitrogen and oxygen atoms in total. The number of alkyl halides is 3. The van der Waals surface area contributed by atoms with Crippen molar-refractivity contribution in [2.75, 3.05) is 24.2 Å². The summed E-state index contributed by atoms with van der Waals surface area (Å²) in [7, 11) is 0. The highest BCUT2D eigenvalue weighted by molar-refractivity contribution is 8.01. The first-order chi connectivity index (χ1) is 12.6. The summed E-state index contributed by atoms with van der Waals surface area (Å²) in [5, 5.41) is 11.7. The van der Waals surface area contributed by atoms with Crippen molar-refractivity contribution in [3.63, 3.8) is 0 Å². The zero-order valence-electron chi connectivity index (χ0n) is 15.0. The van der Waals surface area contributed by atoms with Crippen molar-refractivity contribution in [3.8, 4) is 0 Å². The second kappa shape index (κ2) is 8.37. The molecule has 2 N–H and O–H groups in total. The van der Waals surface area contributed by atoms with Crippen molar-refractivity contribution in [1.29, 1.82) is 0 Å². The van der Waals surface area contributed by atoms with Gasteiger partial charge >= 0.3 is 12.3 Å². The molecule has 0 bridgehead atoms. The van der Waals surface area contributed by atoms with Gasteiger partial charge in [-0.25, -0.2) is 9.78 Å². The summed E-state index contributed by atoms with van der Waals surface area (Å²) in [5.41, 5.74) is -0.882. The van der Waals surface area contributed by atoms with Crippen LogP contribution in [0.3, 0.4) is 0 Å². The monoisotopic (exact) mass is 405 g/mol. The zero-order valence-corrected chi connectivity index (χ0v) is 15.9. The average Bonchev–Trinajstić information content (AvgIpc) is 2.61. The van der Waals surface area contributed by atoms with Gasteiger partial charge in [0, 0.05) is 19.3 Å². The van der Waals surface area contributed by atoms with E-state index in [4.69, 9.17) is 5.11 Å². The average molecular weight is 405 g/mol. The third-order valence-corrected chi connectivity index (χ3v) is 6.18. The molecule has 2 amide bonds. The molecule has 0 saturated carbocycles. The number of piperidine rings is 1. The van der Waals surface area contributed by atoms with Gasteiger partial charge in [-0.05, 0) is 43.6 Å². The van der Waals surface area contributed by atoms with Crippen molar-refractivity contribution in [2.24, 2.45) is 5.92 Å². The Balaban J connectivity index is 2.11. The fraction of sp³-hybridized carbons (Fsp3) is 0.588. The van der Waals surface area contributed by atoms with Crippen LogP contribution in [0, 0.1) is 5.92 Å². The number of carbonyl (C=O) groups excluding carboxylic acids is 1. The van der Waals surface area contributed by atoms with Crippen LogP contribution in [0.2, 0.25) is 0 Å². The lowest BCUT2D eigenvalue weighted by atomic mass is 9.84. The minimum Gasteiger partial charge on any atom is -0.465 e. The Morgan fingerprint density at radius 2 is 1.96 bits per heavy atom. The van der Waals surface area contributed by atoms with Gasteiger partial charge in [-0.1, -0.05) is 6.92 Å². The molecule has 0 radical (unpaired) electrons. The van der Waals surface area contributed by atoms with E-state index in [2.05, 4.69) is 10.3 Å². The molecule has 10 heteroatoms. The molecule has 1 unspecified atom stereocenters. The molecule has 1 aromatic rings. The number of nitrogens with one attached hydrogen (secondary N) is 1. The molecular formula is C17H22F3N3O3S. The Hall–Kier alpha value is -1.97. The number of aromatic nitrogens is 1. The van der Waals surface area contributed by atoms with Gasteiger partial charge in [-0.3, -0.25) is 4.79 Å². The summed E-state index contributed by atoms with van der Waals surface area (Å²) < 4.78 is 37.1. The van der Waals surface area contributed by atoms with Crippen molar-refractivity contribution in [2.45, 2.75) is 37.6 Å². The van der Waals surface area contributed by atoms with Gasteiger partial charge in [0.05, 0.1) is 10.3 Å². The van der Waals surface area contributed by atoms with Crippen LogP contribution in [0.15, 0.2) is 18.3 Å². The van der Waals surface area contributed by atoms with Crippen LogP contribution in [-0.4, -0.2) is 50.6 Å². The van der Waals surface area contributed by atoms with Crippen LogP contribution in [0.5, 0.6) is 0 Å². The molecule has 1 aromatic heterocycles. The van der Waals surface area contributed by atoms with Crippen molar-refractivity contribution in [3.05, 3.63) is 23.9 Å². The topological polar surface area (TPSA) is 82.5 Å². The van der Waals surface area contributed by atoms with Crippen molar-refractivity contribution < 1.29 is 27.9 Å². The maximum atomic E-state index is 12.9. The van der Waals surface area contributed by atoms with E-state index in [1.54, 1.807) is 6.92 Å². The van der Waals surface area contributed by atoms with Gasteiger partial charge in [0.1, 0.15) is 5.82 Å². The fourth-order valence-corrected chi connectivity index (χ4v) is 4.42. The lowest BCUT2D eigenvalue weighted by Crippen LogP contribution is -2.49. The standard InChI is InChI=1S/C17H22F3N3O3S/c1-3-27-16(2,11-6-8-23(9-7-11)15(25)26)14(24)22-13-5-4-12(10-21-13)17(18,19)20/h4-5,10-11H,3,6-9H2,1-2H3,(H,25,26)(H,21,22,24). The number of carbonyl (C=O) groups is 2. The first-order valence-corrected chi connectivity index (χ1v) is 9.53. The van der Waals surface area contributed by atoms with Gasteiger partial charge in [-0.2, -0.15) is 13.2 Å². The number of anilines is 1. The van der Waals surface area contributed by atoms with E-state index in [9.17, 15) is 22.8 Å². The first kappa shape index (κ1) is 21.3. The molecule has 150 valence electrons. The van der Waals surface area contributed by atoms with Gasteiger partial charge in [-0.15, -0.1) is 11.8 Å². The zero-order chi connectivity index (χ0) is 20.2. The normalized spacial score (nSPS) is 18.0. The highest BCUT2D eigenvalue weighted by Crippen LogP contribution is 2.40. The minimum atomic E-state index is -4.49. The number of halogens is 3. The predicted molar refractivity (Wildman–Crippen MR) is 96.7 cm³/mol. The van der Waals surface area contributed by atoms with E-state index < -0.39 is 22.6 Å². The predicted octanol–water partition coefficient (Wildman–Crippen LogP) is 3.94. The lowest BCUT2D eigenvalue weighted by Gasteiger charge is -2.40. The first-order valence-electron chi connectivity index (χ1n) is 8.54. The highest BCUT2D eigenvalue weighted by atomic mass is 32.2. The highest BCUT2D eigenvalue weighted by Gasteiger charge is 2.43. The Kier molecular flexibility index (Phi) is 6.61. The third-order valence-electron chi connectivity index (χ3n) is 4.77. The Morgan fingerprint density at radius 1 is 1.33 bits per heavy atom. The number of hydrogen-bond acceptors (Lipinski definition) is 4. The number of carboxylic acid groups (broad SMARTS) is 1. The Morgan fingerprint density at radius 3 is 2.41 bits per heavy atom. The quantitative estimate of drug-likeness (QED) is 0.775. The number of rotatable bonds is 5. The summed E-state index contributed by atoms with van der Waals surface area (Å²) in [5.74, 6) is 0.338. The smallest absolute Gasteiger partial charge is 0.417 e. The SMILES string of the molecule is CCSC(C)(C(=O)Nc1ccc(C(F)(F)F)cn1)C1CCN(C(=O)O)CC1. The molecule has 2 heterocycles. The van der Waals surface area contributed by atoms with Crippen molar-refractivity contribution in [1.82, 2.24) is 9.88 Å². The van der Waals surface area contributed by atoms with E-state index in [-0.39, 0.29) is 17.6 Å². The molecule has 1 saturated heterocycles. The molecule has 1 aliphatic rings. The molecule has 1 atom stereocenters. The van der Waals surface area contributed by atoms with E-state index >= 15 is 0 Å². The molecule has 0 spiro atoms. The van der Waals surface area contributed by atoms with E-state index in [1.807, 2.05) is 6.92 Å². The van der Waals surface area contributed by atoms with E-state index in [0.717, 1.165) is 12.1 Å². The fourth-order valence-electron chi connectivity index (χ4n) is 3.17. The molecule has 0 aromatic carbocycles. The Bertz CT molecular complexity index is 676. The summed E-state index contributed by atoms with van der Waals surface area (Å²) in [6.45, 7) is 4.41. The number of amides is 2. The molecule has 2 rings (SSSR count). The third kappa shape index (κ3) is 5.06. The maximum absolute atomic E-state index is 12.9. The summed E-state index contributed by atoms with van der Waals surface area (Å²) in [4.78, 5) is 29.0. The van der Waals surface area contributed by atoms with Crippen LogP contribution in [0.25, 0.3) is 0 Å². The number of nitrogens with zero attached hydrogens (tertiary/aromatic N) is 2. The van der Waals surface area contributed by atoms with Crippen LogP contribution in [-0.2, 0) is 11.0 Å². The summed E-state index contributed by atoms with van der Waals surface area (Å²) >= 11 is 1.44. The van der Waals surface area contributed by atoms with Gasteiger partial charge in [0.2, 0.25) is 5.91 Å². The molecule has 27 heavy (non-hydrogen) atoms. The molecule has 1 aliphatic heterocycles. The van der Waals surface area contributed by atoms with Gasteiger partial charge < -0.3 is 15.3 Å². The van der Waals surface area contributed by atoms with E-state index in [0.29, 0.717) is 37.9 Å². The van der Waals surface area contributed by atoms with Crippen LogP contribution < -0.4 is 5.32 Å². The lowest BCUT2D eigenvalue weighted by molar-refractivity contribution is -0.137. The Labute approximate surface area is 159 Å². The second-order valence-electron chi connectivity index (χ2n) is 6.47. The minimum absolute atomic E-state index is 0.0486. The molecule has 1 fully saturated rings. The van der Waals surface area contributed by atoms with Gasteiger partial charge in [0.25, 0.3) is 0 Å². The van der Waals surface area contributed by atoms with Gasteiger partial charge in [0.15, 0.2) is 0 Å². The number of hydrogen-bond donors (Lipinski definition) is 2. The van der Waals surface area contributed by atoms with Crippen LogP contribution in [0.4, 0.5) is 23.8 Å². The molecular weight excluding hydrogens is 383 g/mol. The maximum Gasteiger partial charge on any atom is 0.417 e. The van der Waals surface area contributed by atoms with Crippen LogP contribution >= 0.6 is 11.8 Å². The number of pyridine rings is 1. The number of thioether (sulfide) groups is 1. The summed E-state index contributed by atoms with van der Waals surface area (Å²) in [6, 6.07) is 2.00. The van der Waals surface area contributed by atoms with Crippen LogP contribution in [0.1, 0.15) is 32.3 Å². The van der Waals surface area contributed by atoms with Crippen molar-refractivity contribution >= 4 is 29.6 Å². The molecule has 0 aliphatic carbocycles. The largest absolute Gasteiger partial charge is 0.465 e. The number of likely N-dealkylation sites (tertiary alicyclic amines) is 1.